The van der Waals surface area contributed by atoms with Gasteiger partial charge in [0, 0.05) is 11.6 Å². The smallest absolute Gasteiger partial charge is 0.0608 e. The number of aliphatic hydroxyl groups is 1. The fourth-order valence-corrected chi connectivity index (χ4v) is 2.13. The Morgan fingerprint density at radius 1 is 1.44 bits per heavy atom. The highest BCUT2D eigenvalue weighted by molar-refractivity contribution is 4.82. The van der Waals surface area contributed by atoms with Crippen molar-refractivity contribution in [1.29, 1.82) is 0 Å². The van der Waals surface area contributed by atoms with Gasteiger partial charge in [-0.1, -0.05) is 0 Å². The molecule has 0 aromatic carbocycles. The lowest BCUT2D eigenvalue weighted by Gasteiger charge is -2.36. The Hall–Kier alpha value is -0.160. The summed E-state index contributed by atoms with van der Waals surface area (Å²) in [5.74, 6) is 0. The molecule has 0 saturated carbocycles. The predicted molar refractivity (Wildman–Crippen MR) is 67.4 cm³/mol. The number of hydrogen-bond donors (Lipinski definition) is 2. The van der Waals surface area contributed by atoms with Gasteiger partial charge in [0.2, 0.25) is 0 Å². The number of rotatable bonds is 5. The molecule has 0 spiro atoms. The van der Waals surface area contributed by atoms with E-state index in [0.29, 0.717) is 6.04 Å². The first-order valence-corrected chi connectivity index (χ1v) is 6.23. The van der Waals surface area contributed by atoms with E-state index in [1.54, 1.807) is 0 Å². The van der Waals surface area contributed by atoms with Crippen molar-refractivity contribution in [2.75, 3.05) is 40.3 Å². The zero-order valence-corrected chi connectivity index (χ0v) is 10.9. The van der Waals surface area contributed by atoms with Crippen LogP contribution in [0.1, 0.15) is 26.2 Å². The second kappa shape index (κ2) is 5.96. The van der Waals surface area contributed by atoms with Gasteiger partial charge in [-0.25, -0.2) is 0 Å². The maximum Gasteiger partial charge on any atom is 0.0608 e. The molecule has 0 amide bonds. The van der Waals surface area contributed by atoms with Gasteiger partial charge in [0.25, 0.3) is 0 Å². The fraction of sp³-hybridized carbons (Fsp3) is 1.00. The minimum Gasteiger partial charge on any atom is -0.394 e. The lowest BCUT2D eigenvalue weighted by Crippen LogP contribution is -2.46. The topological polar surface area (TPSA) is 52.7 Å². The number of piperidine rings is 1. The van der Waals surface area contributed by atoms with Crippen molar-refractivity contribution in [3.63, 3.8) is 0 Å². The van der Waals surface area contributed by atoms with Crippen LogP contribution in [-0.2, 0) is 0 Å². The summed E-state index contributed by atoms with van der Waals surface area (Å²) in [6.07, 6.45) is 3.34. The van der Waals surface area contributed by atoms with E-state index in [4.69, 9.17) is 10.8 Å². The largest absolute Gasteiger partial charge is 0.394 e. The molecule has 1 saturated heterocycles. The van der Waals surface area contributed by atoms with E-state index in [0.717, 1.165) is 13.0 Å². The molecule has 0 aliphatic carbocycles. The van der Waals surface area contributed by atoms with Crippen LogP contribution in [0.15, 0.2) is 0 Å². The Labute approximate surface area is 99.4 Å². The van der Waals surface area contributed by atoms with E-state index in [1.807, 2.05) is 6.92 Å². The van der Waals surface area contributed by atoms with E-state index in [2.05, 4.69) is 23.9 Å². The van der Waals surface area contributed by atoms with Crippen LogP contribution in [0, 0.1) is 0 Å². The number of hydrogen-bond acceptors (Lipinski definition) is 4. The molecule has 0 aromatic heterocycles. The van der Waals surface area contributed by atoms with Crippen molar-refractivity contribution in [3.05, 3.63) is 0 Å². The van der Waals surface area contributed by atoms with Crippen LogP contribution in [0.5, 0.6) is 0 Å². The Balaban J connectivity index is 2.27. The maximum atomic E-state index is 9.10. The lowest BCUT2D eigenvalue weighted by molar-refractivity contribution is 0.125. The normalized spacial score (nSPS) is 23.6. The quantitative estimate of drug-likeness (QED) is 0.703. The molecule has 96 valence electrons. The van der Waals surface area contributed by atoms with Crippen LogP contribution >= 0.6 is 0 Å². The molecule has 16 heavy (non-hydrogen) atoms. The molecule has 1 heterocycles. The number of nitrogens with two attached hydrogens (primary N) is 1. The van der Waals surface area contributed by atoms with Gasteiger partial charge < -0.3 is 20.6 Å². The standard InChI is InChI=1S/C12H27N3O/c1-12(13,10-16)6-9-15(3)11-4-7-14(2)8-5-11/h11,16H,4-10,13H2,1-3H3. The van der Waals surface area contributed by atoms with E-state index in [9.17, 15) is 0 Å². The molecule has 1 atom stereocenters. The van der Waals surface area contributed by atoms with Crippen LogP contribution in [0.4, 0.5) is 0 Å². The summed E-state index contributed by atoms with van der Waals surface area (Å²) in [6.45, 7) is 5.33. The van der Waals surface area contributed by atoms with E-state index in [1.165, 1.54) is 25.9 Å². The fourth-order valence-electron chi connectivity index (χ4n) is 2.13. The van der Waals surface area contributed by atoms with Crippen molar-refractivity contribution < 1.29 is 5.11 Å². The van der Waals surface area contributed by atoms with E-state index in [-0.39, 0.29) is 6.61 Å². The number of nitrogens with zero attached hydrogens (tertiary/aromatic N) is 2. The van der Waals surface area contributed by atoms with Crippen molar-refractivity contribution in [2.45, 2.75) is 37.8 Å². The SMILES string of the molecule is CN1CCC(N(C)CCC(C)(N)CO)CC1. The average Bonchev–Trinajstić information content (AvgIpc) is 2.27. The van der Waals surface area contributed by atoms with E-state index < -0.39 is 5.54 Å². The van der Waals surface area contributed by atoms with Gasteiger partial charge in [0.1, 0.15) is 0 Å². The van der Waals surface area contributed by atoms with Crippen LogP contribution < -0.4 is 5.73 Å². The second-order valence-corrected chi connectivity index (χ2v) is 5.58. The molecule has 1 fully saturated rings. The van der Waals surface area contributed by atoms with Gasteiger partial charge in [-0.05, 0) is 59.9 Å². The monoisotopic (exact) mass is 229 g/mol. The lowest BCUT2D eigenvalue weighted by atomic mass is 9.98. The first kappa shape index (κ1) is 13.9. The van der Waals surface area contributed by atoms with Crippen LogP contribution in [-0.4, -0.2) is 66.8 Å². The third-order valence-corrected chi connectivity index (χ3v) is 3.71. The maximum absolute atomic E-state index is 9.10. The first-order valence-electron chi connectivity index (χ1n) is 6.23. The van der Waals surface area contributed by atoms with Crippen LogP contribution in [0.3, 0.4) is 0 Å². The molecule has 4 heteroatoms. The van der Waals surface area contributed by atoms with Crippen molar-refractivity contribution >= 4 is 0 Å². The Morgan fingerprint density at radius 2 is 2.00 bits per heavy atom. The Bertz CT molecular complexity index is 200. The van der Waals surface area contributed by atoms with Crippen molar-refractivity contribution in [2.24, 2.45) is 5.73 Å². The second-order valence-electron chi connectivity index (χ2n) is 5.58. The van der Waals surface area contributed by atoms with Crippen LogP contribution in [0.25, 0.3) is 0 Å². The average molecular weight is 229 g/mol. The highest BCUT2D eigenvalue weighted by Gasteiger charge is 2.23. The number of aliphatic hydroxyl groups excluding tert-OH is 1. The summed E-state index contributed by atoms with van der Waals surface area (Å²) >= 11 is 0. The highest BCUT2D eigenvalue weighted by atomic mass is 16.3. The predicted octanol–water partition coefficient (Wildman–Crippen LogP) is 0.112. The molecule has 1 aliphatic rings. The highest BCUT2D eigenvalue weighted by Crippen LogP contribution is 2.15. The summed E-state index contributed by atoms with van der Waals surface area (Å²) in [5.41, 5.74) is 5.50. The summed E-state index contributed by atoms with van der Waals surface area (Å²) in [5, 5.41) is 9.10. The third kappa shape index (κ3) is 4.37. The summed E-state index contributed by atoms with van der Waals surface area (Å²) in [4.78, 5) is 4.78. The molecule has 1 rings (SSSR count). The summed E-state index contributed by atoms with van der Waals surface area (Å²) in [7, 11) is 4.35. The Kier molecular flexibility index (Phi) is 5.18. The molecule has 0 radical (unpaired) electrons. The van der Waals surface area contributed by atoms with Gasteiger partial charge >= 0.3 is 0 Å². The van der Waals surface area contributed by atoms with E-state index >= 15 is 0 Å². The molecular weight excluding hydrogens is 202 g/mol. The van der Waals surface area contributed by atoms with Gasteiger partial charge in [-0.3, -0.25) is 0 Å². The summed E-state index contributed by atoms with van der Waals surface area (Å²) in [6, 6.07) is 0.686. The third-order valence-electron chi connectivity index (χ3n) is 3.71. The van der Waals surface area contributed by atoms with Gasteiger partial charge in [0.05, 0.1) is 6.61 Å². The summed E-state index contributed by atoms with van der Waals surface area (Å²) < 4.78 is 0. The molecule has 0 aromatic rings. The van der Waals surface area contributed by atoms with Crippen molar-refractivity contribution in [1.82, 2.24) is 9.80 Å². The number of likely N-dealkylation sites (tertiary alicyclic amines) is 1. The minimum absolute atomic E-state index is 0.0637. The molecular formula is C12H27N3O. The van der Waals surface area contributed by atoms with Gasteiger partial charge in [-0.2, -0.15) is 0 Å². The first-order chi connectivity index (χ1) is 7.44. The van der Waals surface area contributed by atoms with Crippen LogP contribution in [0.2, 0.25) is 0 Å². The molecule has 1 aliphatic heterocycles. The minimum atomic E-state index is -0.431. The Morgan fingerprint density at radius 3 is 2.50 bits per heavy atom. The zero-order valence-electron chi connectivity index (χ0n) is 10.9. The van der Waals surface area contributed by atoms with Crippen molar-refractivity contribution in [3.8, 4) is 0 Å². The molecule has 3 N–H and O–H groups in total. The zero-order chi connectivity index (χ0) is 12.2. The molecule has 1 unspecified atom stereocenters. The molecule has 0 bridgehead atoms. The van der Waals surface area contributed by atoms with Gasteiger partial charge in [0.15, 0.2) is 0 Å². The van der Waals surface area contributed by atoms with Gasteiger partial charge in [-0.15, -0.1) is 0 Å². The molecule has 4 nitrogen and oxygen atoms in total.